The van der Waals surface area contributed by atoms with Crippen LogP contribution >= 0.6 is 0 Å². The minimum absolute atomic E-state index is 0.392. The van der Waals surface area contributed by atoms with Crippen LogP contribution in [-0.2, 0) is 0 Å². The molecule has 1 rings (SSSR count). The summed E-state index contributed by atoms with van der Waals surface area (Å²) >= 11 is 0. The van der Waals surface area contributed by atoms with Crippen molar-refractivity contribution < 1.29 is 0 Å². The van der Waals surface area contributed by atoms with E-state index in [9.17, 15) is 0 Å². The van der Waals surface area contributed by atoms with Gasteiger partial charge in [0.2, 0.25) is 0 Å². The predicted molar refractivity (Wildman–Crippen MR) is 82.2 cm³/mol. The standard InChI is InChI=1S/C17H27N/c1-4-11-16(3)17-13-10-8-6-5-7-9-12-15(2)14-18-17/h4,7-11,14-17H,5-6,12-13H2,1-3H3/b9-7+,10-8+,11-4?,18-14+. The number of nitrogens with zero attached hydrogens (tertiary/aromatic N) is 1. The van der Waals surface area contributed by atoms with E-state index >= 15 is 0 Å². The molecular formula is C17H27N. The lowest BCUT2D eigenvalue weighted by molar-refractivity contribution is 0.544. The summed E-state index contributed by atoms with van der Waals surface area (Å²) in [5, 5.41) is 0. The molecular weight excluding hydrogens is 218 g/mol. The third kappa shape index (κ3) is 6.00. The first-order valence-corrected chi connectivity index (χ1v) is 7.20. The van der Waals surface area contributed by atoms with Crippen LogP contribution in [0.25, 0.3) is 0 Å². The first-order chi connectivity index (χ1) is 8.74. The van der Waals surface area contributed by atoms with E-state index in [1.165, 1.54) is 0 Å². The van der Waals surface area contributed by atoms with Crippen molar-refractivity contribution in [2.24, 2.45) is 16.8 Å². The number of rotatable bonds is 2. The molecule has 0 N–H and O–H groups in total. The van der Waals surface area contributed by atoms with E-state index in [0.717, 1.165) is 25.7 Å². The second-order valence-corrected chi connectivity index (χ2v) is 5.22. The van der Waals surface area contributed by atoms with Crippen molar-refractivity contribution >= 4 is 6.21 Å². The van der Waals surface area contributed by atoms with Crippen LogP contribution in [0.15, 0.2) is 41.4 Å². The van der Waals surface area contributed by atoms with Crippen molar-refractivity contribution in [3.05, 3.63) is 36.5 Å². The van der Waals surface area contributed by atoms with Gasteiger partial charge in [-0.05, 0) is 44.4 Å². The van der Waals surface area contributed by atoms with Gasteiger partial charge in [0.25, 0.3) is 0 Å². The van der Waals surface area contributed by atoms with E-state index in [0.29, 0.717) is 17.9 Å². The van der Waals surface area contributed by atoms with Crippen LogP contribution in [0.1, 0.15) is 46.5 Å². The Hall–Kier alpha value is -1.11. The summed E-state index contributed by atoms with van der Waals surface area (Å²) in [5.74, 6) is 1.06. The minimum atomic E-state index is 0.392. The van der Waals surface area contributed by atoms with Gasteiger partial charge in [-0.15, -0.1) is 0 Å². The number of allylic oxidation sites excluding steroid dienone is 4. The minimum Gasteiger partial charge on any atom is -0.293 e. The molecule has 0 radical (unpaired) electrons. The summed E-state index contributed by atoms with van der Waals surface area (Å²) in [6, 6.07) is 0.392. The average Bonchev–Trinajstić information content (AvgIpc) is 2.34. The molecule has 18 heavy (non-hydrogen) atoms. The summed E-state index contributed by atoms with van der Waals surface area (Å²) < 4.78 is 0. The quantitative estimate of drug-likeness (QED) is 0.610. The Morgan fingerprint density at radius 1 is 1.11 bits per heavy atom. The van der Waals surface area contributed by atoms with Gasteiger partial charge in [-0.25, -0.2) is 0 Å². The normalized spacial score (nSPS) is 33.3. The Labute approximate surface area is 112 Å². The third-order valence-corrected chi connectivity index (χ3v) is 3.35. The largest absolute Gasteiger partial charge is 0.293 e. The molecule has 1 heterocycles. The third-order valence-electron chi connectivity index (χ3n) is 3.35. The van der Waals surface area contributed by atoms with Gasteiger partial charge < -0.3 is 0 Å². The second kappa shape index (κ2) is 8.91. The molecule has 1 aliphatic rings. The fourth-order valence-electron chi connectivity index (χ4n) is 2.14. The molecule has 0 aromatic carbocycles. The molecule has 1 aliphatic heterocycles. The lowest BCUT2D eigenvalue weighted by Gasteiger charge is -2.16. The molecule has 100 valence electrons. The predicted octanol–water partition coefficient (Wildman–Crippen LogP) is 4.96. The Morgan fingerprint density at radius 3 is 2.44 bits per heavy atom. The summed E-state index contributed by atoms with van der Waals surface area (Å²) in [4.78, 5) is 4.80. The first kappa shape index (κ1) is 14.9. The average molecular weight is 245 g/mol. The highest BCUT2D eigenvalue weighted by Gasteiger charge is 2.11. The zero-order valence-corrected chi connectivity index (χ0v) is 12.0. The van der Waals surface area contributed by atoms with E-state index in [1.54, 1.807) is 0 Å². The Bertz CT molecular complexity index is 323. The van der Waals surface area contributed by atoms with Crippen molar-refractivity contribution in [3.8, 4) is 0 Å². The van der Waals surface area contributed by atoms with Crippen molar-refractivity contribution in [1.29, 1.82) is 0 Å². The highest BCUT2D eigenvalue weighted by Crippen LogP contribution is 2.15. The van der Waals surface area contributed by atoms with E-state index < -0.39 is 0 Å². The molecule has 0 bridgehead atoms. The molecule has 3 atom stereocenters. The first-order valence-electron chi connectivity index (χ1n) is 7.20. The molecule has 0 saturated carbocycles. The van der Waals surface area contributed by atoms with Gasteiger partial charge in [0.1, 0.15) is 0 Å². The SMILES string of the molecule is CC=CC(C)C1C/C=C/CC/C=C/CC(C)/C=N/1. The molecule has 1 heteroatoms. The lowest BCUT2D eigenvalue weighted by Crippen LogP contribution is -2.14. The maximum atomic E-state index is 4.80. The van der Waals surface area contributed by atoms with Gasteiger partial charge in [0.05, 0.1) is 6.04 Å². The highest BCUT2D eigenvalue weighted by atomic mass is 14.8. The fraction of sp³-hybridized carbons (Fsp3) is 0.588. The van der Waals surface area contributed by atoms with Crippen LogP contribution in [0.5, 0.6) is 0 Å². The van der Waals surface area contributed by atoms with Gasteiger partial charge >= 0.3 is 0 Å². The summed E-state index contributed by atoms with van der Waals surface area (Å²) in [6.45, 7) is 6.58. The van der Waals surface area contributed by atoms with E-state index in [2.05, 4.69) is 63.4 Å². The Balaban J connectivity index is 2.72. The van der Waals surface area contributed by atoms with E-state index in [-0.39, 0.29) is 0 Å². The molecule has 0 aromatic heterocycles. The molecule has 0 fully saturated rings. The number of hydrogen-bond donors (Lipinski definition) is 0. The second-order valence-electron chi connectivity index (χ2n) is 5.22. The zero-order valence-electron chi connectivity index (χ0n) is 12.0. The monoisotopic (exact) mass is 245 g/mol. The summed E-state index contributed by atoms with van der Waals surface area (Å²) in [6.07, 6.45) is 20.2. The van der Waals surface area contributed by atoms with Gasteiger partial charge in [0.15, 0.2) is 0 Å². The van der Waals surface area contributed by atoms with Crippen molar-refractivity contribution in [2.75, 3.05) is 0 Å². The Morgan fingerprint density at radius 2 is 1.78 bits per heavy atom. The maximum Gasteiger partial charge on any atom is 0.0590 e. The van der Waals surface area contributed by atoms with Crippen molar-refractivity contribution in [1.82, 2.24) is 0 Å². The number of hydrogen-bond acceptors (Lipinski definition) is 1. The van der Waals surface area contributed by atoms with Crippen molar-refractivity contribution in [3.63, 3.8) is 0 Å². The van der Waals surface area contributed by atoms with Gasteiger partial charge in [-0.1, -0.05) is 50.3 Å². The van der Waals surface area contributed by atoms with Crippen LogP contribution in [0.4, 0.5) is 0 Å². The molecule has 0 saturated heterocycles. The molecule has 3 unspecified atom stereocenters. The van der Waals surface area contributed by atoms with Crippen LogP contribution in [0, 0.1) is 11.8 Å². The van der Waals surface area contributed by atoms with Gasteiger partial charge in [-0.2, -0.15) is 0 Å². The number of aliphatic imine (C=N–C) groups is 1. The molecule has 0 aliphatic carbocycles. The van der Waals surface area contributed by atoms with Crippen molar-refractivity contribution in [2.45, 2.75) is 52.5 Å². The van der Waals surface area contributed by atoms with E-state index in [1.807, 2.05) is 0 Å². The van der Waals surface area contributed by atoms with Crippen LogP contribution in [0.3, 0.4) is 0 Å². The van der Waals surface area contributed by atoms with Gasteiger partial charge in [0, 0.05) is 6.21 Å². The smallest absolute Gasteiger partial charge is 0.0590 e. The Kier molecular flexibility index (Phi) is 7.40. The zero-order chi connectivity index (χ0) is 13.2. The fourth-order valence-corrected chi connectivity index (χ4v) is 2.14. The summed E-state index contributed by atoms with van der Waals surface area (Å²) in [5.41, 5.74) is 0. The molecule has 0 spiro atoms. The summed E-state index contributed by atoms with van der Waals surface area (Å²) in [7, 11) is 0. The topological polar surface area (TPSA) is 12.4 Å². The molecule has 0 aromatic rings. The lowest BCUT2D eigenvalue weighted by atomic mass is 9.98. The van der Waals surface area contributed by atoms with Crippen LogP contribution < -0.4 is 0 Å². The van der Waals surface area contributed by atoms with E-state index in [4.69, 9.17) is 4.99 Å². The molecule has 1 nitrogen and oxygen atoms in total. The highest BCUT2D eigenvalue weighted by molar-refractivity contribution is 5.60. The van der Waals surface area contributed by atoms with Crippen LogP contribution in [0.2, 0.25) is 0 Å². The maximum absolute atomic E-state index is 4.80. The van der Waals surface area contributed by atoms with Crippen LogP contribution in [-0.4, -0.2) is 12.3 Å². The van der Waals surface area contributed by atoms with Gasteiger partial charge in [-0.3, -0.25) is 4.99 Å². The molecule has 0 amide bonds.